The van der Waals surface area contributed by atoms with Gasteiger partial charge in [0, 0.05) is 16.8 Å². The summed E-state index contributed by atoms with van der Waals surface area (Å²) in [6.07, 6.45) is 3.34. The maximum Gasteiger partial charge on any atom is 0.116 e. The number of hydrogen-bond acceptors (Lipinski definition) is 2. The van der Waals surface area contributed by atoms with Crippen molar-refractivity contribution in [3.05, 3.63) is 47.4 Å². The molecule has 0 bridgehead atoms. The molecule has 70 valence electrons. The van der Waals surface area contributed by atoms with Crippen LogP contribution in [0.25, 0.3) is 11.3 Å². The summed E-state index contributed by atoms with van der Waals surface area (Å²) in [5.41, 5.74) is 3.01. The van der Waals surface area contributed by atoms with Crippen molar-refractivity contribution in [3.8, 4) is 11.3 Å². The molecule has 0 aliphatic heterocycles. The maximum atomic E-state index is 5.90. The standard InChI is InChI=1S/C11H9ClN2/c1-8-6-13-7-14-11(8)9-3-2-4-10(12)5-9/h2-7H,1H3. The molecule has 0 atom stereocenters. The smallest absolute Gasteiger partial charge is 0.116 e. The first-order chi connectivity index (χ1) is 6.77. The summed E-state index contributed by atoms with van der Waals surface area (Å²) in [4.78, 5) is 8.17. The van der Waals surface area contributed by atoms with Gasteiger partial charge in [0.25, 0.3) is 0 Å². The van der Waals surface area contributed by atoms with Crippen LogP contribution in [-0.4, -0.2) is 9.97 Å². The number of benzene rings is 1. The third-order valence-electron chi connectivity index (χ3n) is 1.99. The van der Waals surface area contributed by atoms with Crippen LogP contribution in [0, 0.1) is 6.92 Å². The molecule has 0 spiro atoms. The van der Waals surface area contributed by atoms with Gasteiger partial charge in [0.05, 0.1) is 5.69 Å². The lowest BCUT2D eigenvalue weighted by Crippen LogP contribution is -1.88. The fourth-order valence-corrected chi connectivity index (χ4v) is 1.53. The second-order valence-electron chi connectivity index (χ2n) is 3.06. The van der Waals surface area contributed by atoms with E-state index in [0.29, 0.717) is 0 Å². The van der Waals surface area contributed by atoms with Crippen molar-refractivity contribution in [2.24, 2.45) is 0 Å². The van der Waals surface area contributed by atoms with E-state index in [-0.39, 0.29) is 0 Å². The van der Waals surface area contributed by atoms with E-state index in [9.17, 15) is 0 Å². The lowest BCUT2D eigenvalue weighted by atomic mass is 10.1. The molecule has 2 nitrogen and oxygen atoms in total. The first kappa shape index (κ1) is 9.16. The molecule has 14 heavy (non-hydrogen) atoms. The molecule has 3 heteroatoms. The Balaban J connectivity index is 2.55. The molecule has 2 aromatic rings. The quantitative estimate of drug-likeness (QED) is 0.714. The second-order valence-corrected chi connectivity index (χ2v) is 3.50. The number of aromatic nitrogens is 2. The van der Waals surface area contributed by atoms with E-state index in [0.717, 1.165) is 21.8 Å². The molecule has 0 saturated carbocycles. The molecular weight excluding hydrogens is 196 g/mol. The van der Waals surface area contributed by atoms with Gasteiger partial charge in [0.15, 0.2) is 0 Å². The minimum Gasteiger partial charge on any atom is -0.245 e. The summed E-state index contributed by atoms with van der Waals surface area (Å²) >= 11 is 5.90. The van der Waals surface area contributed by atoms with Gasteiger partial charge in [-0.2, -0.15) is 0 Å². The molecule has 0 radical (unpaired) electrons. The van der Waals surface area contributed by atoms with Crippen molar-refractivity contribution >= 4 is 11.6 Å². The zero-order chi connectivity index (χ0) is 9.97. The minimum atomic E-state index is 0.723. The highest BCUT2D eigenvalue weighted by Crippen LogP contribution is 2.22. The van der Waals surface area contributed by atoms with Gasteiger partial charge in [-0.25, -0.2) is 9.97 Å². The Bertz CT molecular complexity index is 455. The first-order valence-electron chi connectivity index (χ1n) is 4.30. The molecule has 0 saturated heterocycles. The highest BCUT2D eigenvalue weighted by atomic mass is 35.5. The molecule has 0 aliphatic rings. The Morgan fingerprint density at radius 2 is 2.14 bits per heavy atom. The van der Waals surface area contributed by atoms with Crippen molar-refractivity contribution in [2.75, 3.05) is 0 Å². The summed E-state index contributed by atoms with van der Waals surface area (Å²) in [5.74, 6) is 0. The maximum absolute atomic E-state index is 5.90. The molecule has 0 unspecified atom stereocenters. The summed E-state index contributed by atoms with van der Waals surface area (Å²) in [6.45, 7) is 1.98. The minimum absolute atomic E-state index is 0.723. The average molecular weight is 205 g/mol. The van der Waals surface area contributed by atoms with E-state index in [2.05, 4.69) is 9.97 Å². The van der Waals surface area contributed by atoms with E-state index >= 15 is 0 Å². The van der Waals surface area contributed by atoms with E-state index in [1.807, 2.05) is 31.2 Å². The van der Waals surface area contributed by atoms with Gasteiger partial charge in [-0.15, -0.1) is 0 Å². The molecule has 1 aromatic heterocycles. The van der Waals surface area contributed by atoms with Gasteiger partial charge in [0.2, 0.25) is 0 Å². The van der Waals surface area contributed by atoms with Crippen LogP contribution >= 0.6 is 11.6 Å². The Kier molecular flexibility index (Phi) is 2.46. The van der Waals surface area contributed by atoms with Gasteiger partial charge < -0.3 is 0 Å². The van der Waals surface area contributed by atoms with Crippen LogP contribution in [0.3, 0.4) is 0 Å². The zero-order valence-electron chi connectivity index (χ0n) is 7.74. The average Bonchev–Trinajstić information content (AvgIpc) is 2.18. The van der Waals surface area contributed by atoms with Crippen molar-refractivity contribution in [2.45, 2.75) is 6.92 Å². The van der Waals surface area contributed by atoms with Crippen molar-refractivity contribution in [1.82, 2.24) is 9.97 Å². The third kappa shape index (κ3) is 1.75. The van der Waals surface area contributed by atoms with E-state index in [4.69, 9.17) is 11.6 Å². The normalized spacial score (nSPS) is 10.1. The largest absolute Gasteiger partial charge is 0.245 e. The number of hydrogen-bond donors (Lipinski definition) is 0. The Morgan fingerprint density at radius 1 is 1.29 bits per heavy atom. The number of halogens is 1. The SMILES string of the molecule is Cc1cncnc1-c1cccc(Cl)c1. The fraction of sp³-hybridized carbons (Fsp3) is 0.0909. The number of nitrogens with zero attached hydrogens (tertiary/aromatic N) is 2. The molecule has 2 rings (SSSR count). The van der Waals surface area contributed by atoms with E-state index < -0.39 is 0 Å². The number of aryl methyl sites for hydroxylation is 1. The van der Waals surface area contributed by atoms with E-state index in [1.165, 1.54) is 0 Å². The molecule has 1 heterocycles. The molecule has 0 aliphatic carbocycles. The van der Waals surface area contributed by atoms with Crippen LogP contribution in [0.2, 0.25) is 5.02 Å². The van der Waals surface area contributed by atoms with Crippen LogP contribution in [0.15, 0.2) is 36.8 Å². The molecule has 0 fully saturated rings. The highest BCUT2D eigenvalue weighted by Gasteiger charge is 2.02. The van der Waals surface area contributed by atoms with Gasteiger partial charge in [-0.05, 0) is 24.6 Å². The first-order valence-corrected chi connectivity index (χ1v) is 4.68. The van der Waals surface area contributed by atoms with Crippen molar-refractivity contribution in [1.29, 1.82) is 0 Å². The van der Waals surface area contributed by atoms with Crippen LogP contribution in [0.4, 0.5) is 0 Å². The lowest BCUT2D eigenvalue weighted by Gasteiger charge is -2.03. The van der Waals surface area contributed by atoms with E-state index in [1.54, 1.807) is 12.5 Å². The summed E-state index contributed by atoms with van der Waals surface area (Å²) in [6, 6.07) is 7.65. The summed E-state index contributed by atoms with van der Waals surface area (Å²) < 4.78 is 0. The predicted molar refractivity (Wildman–Crippen MR) is 57.2 cm³/mol. The molecule has 0 N–H and O–H groups in total. The van der Waals surface area contributed by atoms with Crippen molar-refractivity contribution in [3.63, 3.8) is 0 Å². The fourth-order valence-electron chi connectivity index (χ4n) is 1.34. The van der Waals surface area contributed by atoms with Crippen LogP contribution in [0.5, 0.6) is 0 Å². The molecule has 0 amide bonds. The van der Waals surface area contributed by atoms with Crippen LogP contribution < -0.4 is 0 Å². The topological polar surface area (TPSA) is 25.8 Å². The van der Waals surface area contributed by atoms with Gasteiger partial charge >= 0.3 is 0 Å². The summed E-state index contributed by atoms with van der Waals surface area (Å²) in [5, 5.41) is 0.723. The zero-order valence-corrected chi connectivity index (χ0v) is 8.49. The second kappa shape index (κ2) is 3.76. The van der Waals surface area contributed by atoms with Crippen LogP contribution in [0.1, 0.15) is 5.56 Å². The monoisotopic (exact) mass is 204 g/mol. The van der Waals surface area contributed by atoms with Gasteiger partial charge in [-0.1, -0.05) is 23.7 Å². The van der Waals surface area contributed by atoms with Gasteiger partial charge in [0.1, 0.15) is 6.33 Å². The highest BCUT2D eigenvalue weighted by molar-refractivity contribution is 6.30. The molecular formula is C11H9ClN2. The lowest BCUT2D eigenvalue weighted by molar-refractivity contribution is 1.13. The predicted octanol–water partition coefficient (Wildman–Crippen LogP) is 3.11. The third-order valence-corrected chi connectivity index (χ3v) is 2.23. The Labute approximate surface area is 87.6 Å². The number of rotatable bonds is 1. The van der Waals surface area contributed by atoms with Gasteiger partial charge in [-0.3, -0.25) is 0 Å². The summed E-state index contributed by atoms with van der Waals surface area (Å²) in [7, 11) is 0. The van der Waals surface area contributed by atoms with Crippen LogP contribution in [-0.2, 0) is 0 Å². The Hall–Kier alpha value is -1.41. The molecule has 1 aromatic carbocycles. The Morgan fingerprint density at radius 3 is 2.86 bits per heavy atom. The van der Waals surface area contributed by atoms with Crippen molar-refractivity contribution < 1.29 is 0 Å².